The zero-order valence-corrected chi connectivity index (χ0v) is 16.6. The second-order valence-corrected chi connectivity index (χ2v) is 8.86. The van der Waals surface area contributed by atoms with Gasteiger partial charge < -0.3 is 5.32 Å². The molecule has 3 rings (SSSR count). The molecule has 2 aromatic carbocycles. The molecule has 1 aliphatic heterocycles. The summed E-state index contributed by atoms with van der Waals surface area (Å²) in [5.41, 5.74) is 0.635. The molecule has 2 aromatic rings. The molecule has 0 aromatic heterocycles. The van der Waals surface area contributed by atoms with Crippen LogP contribution in [0.15, 0.2) is 41.3 Å². The highest BCUT2D eigenvalue weighted by molar-refractivity contribution is 7.89. The van der Waals surface area contributed by atoms with E-state index in [1.165, 1.54) is 12.1 Å². The summed E-state index contributed by atoms with van der Waals surface area (Å²) in [6.45, 7) is 0.000867. The van der Waals surface area contributed by atoms with Crippen LogP contribution in [0.3, 0.4) is 0 Å². The summed E-state index contributed by atoms with van der Waals surface area (Å²) in [6, 6.07) is 8.70. The van der Waals surface area contributed by atoms with E-state index in [9.17, 15) is 22.0 Å². The van der Waals surface area contributed by atoms with Gasteiger partial charge in [-0.2, -0.15) is 9.57 Å². The van der Waals surface area contributed by atoms with Crippen molar-refractivity contribution >= 4 is 33.2 Å². The van der Waals surface area contributed by atoms with Crippen molar-refractivity contribution in [3.63, 3.8) is 0 Å². The molecule has 1 saturated heterocycles. The van der Waals surface area contributed by atoms with Crippen LogP contribution in [0.25, 0.3) is 0 Å². The molecule has 0 atom stereocenters. The molecule has 0 spiro atoms. The monoisotopic (exact) mass is 439 g/mol. The van der Waals surface area contributed by atoms with E-state index in [4.69, 9.17) is 16.9 Å². The molecular weight excluding hydrogens is 424 g/mol. The maximum Gasteiger partial charge on any atom is 0.246 e. The summed E-state index contributed by atoms with van der Waals surface area (Å²) in [4.78, 5) is 11.8. The Morgan fingerprint density at radius 3 is 2.52 bits per heavy atom. The van der Waals surface area contributed by atoms with Gasteiger partial charge >= 0.3 is 0 Å². The Morgan fingerprint density at radius 1 is 1.17 bits per heavy atom. The minimum Gasteiger partial charge on any atom is -0.326 e. The van der Waals surface area contributed by atoms with Crippen molar-refractivity contribution in [2.75, 3.05) is 18.4 Å². The van der Waals surface area contributed by atoms with E-state index in [-0.39, 0.29) is 42.4 Å². The van der Waals surface area contributed by atoms with Crippen LogP contribution >= 0.6 is 11.6 Å². The van der Waals surface area contributed by atoms with Crippen LogP contribution in [0.4, 0.5) is 14.5 Å². The lowest BCUT2D eigenvalue weighted by atomic mass is 9.97. The summed E-state index contributed by atoms with van der Waals surface area (Å²) >= 11 is 5.86. The van der Waals surface area contributed by atoms with Gasteiger partial charge in [0.15, 0.2) is 0 Å². The topological polar surface area (TPSA) is 90.3 Å². The van der Waals surface area contributed by atoms with Crippen molar-refractivity contribution in [3.05, 3.63) is 58.6 Å². The normalized spacial score (nSPS) is 15.7. The highest BCUT2D eigenvalue weighted by Gasteiger charge is 2.33. The second kappa shape index (κ2) is 8.45. The molecule has 29 heavy (non-hydrogen) atoms. The first-order valence-corrected chi connectivity index (χ1v) is 10.5. The number of hydrogen-bond acceptors (Lipinski definition) is 4. The van der Waals surface area contributed by atoms with Gasteiger partial charge in [0, 0.05) is 24.7 Å². The Bertz CT molecular complexity index is 1090. The van der Waals surface area contributed by atoms with Crippen LogP contribution in [0.2, 0.25) is 5.02 Å². The number of halogens is 3. The molecule has 10 heteroatoms. The van der Waals surface area contributed by atoms with Crippen molar-refractivity contribution < 1.29 is 22.0 Å². The van der Waals surface area contributed by atoms with Crippen LogP contribution in [-0.4, -0.2) is 31.7 Å². The van der Waals surface area contributed by atoms with E-state index in [1.54, 1.807) is 6.07 Å². The molecule has 1 N–H and O–H groups in total. The maximum absolute atomic E-state index is 13.9. The van der Waals surface area contributed by atoms with Gasteiger partial charge in [-0.3, -0.25) is 4.79 Å². The van der Waals surface area contributed by atoms with Gasteiger partial charge in [-0.25, -0.2) is 17.2 Å². The number of nitrogens with zero attached hydrogens (tertiary/aromatic N) is 2. The van der Waals surface area contributed by atoms with Gasteiger partial charge in [0.1, 0.15) is 22.6 Å². The Balaban J connectivity index is 1.66. The highest BCUT2D eigenvalue weighted by Crippen LogP contribution is 2.27. The fourth-order valence-corrected chi connectivity index (χ4v) is 4.81. The molecule has 1 fully saturated rings. The van der Waals surface area contributed by atoms with E-state index in [0.717, 1.165) is 16.4 Å². The van der Waals surface area contributed by atoms with E-state index in [2.05, 4.69) is 5.32 Å². The van der Waals surface area contributed by atoms with Crippen LogP contribution < -0.4 is 5.32 Å². The van der Waals surface area contributed by atoms with E-state index in [1.807, 2.05) is 6.07 Å². The Hall–Kier alpha value is -2.54. The van der Waals surface area contributed by atoms with Gasteiger partial charge in [-0.05, 0) is 49.2 Å². The fraction of sp³-hybridized carbons (Fsp3) is 0.263. The standard InChI is InChI=1S/C19H16ClF2N3O3S/c20-16-3-2-15(9-13(16)11-23)24-19(26)12-5-7-25(8-6-12)29(27,28)18-10-14(21)1-4-17(18)22/h1-4,9-10,12H,5-8H2,(H,24,26). The van der Waals surface area contributed by atoms with Crippen molar-refractivity contribution in [3.8, 4) is 6.07 Å². The number of carbonyl (C=O) groups is 1. The number of anilines is 1. The minimum atomic E-state index is -4.20. The summed E-state index contributed by atoms with van der Waals surface area (Å²) in [7, 11) is -4.20. The van der Waals surface area contributed by atoms with E-state index < -0.39 is 32.5 Å². The molecule has 152 valence electrons. The first kappa shape index (κ1) is 21.2. The van der Waals surface area contributed by atoms with Gasteiger partial charge in [-0.1, -0.05) is 11.6 Å². The first-order valence-electron chi connectivity index (χ1n) is 8.68. The molecule has 0 unspecified atom stereocenters. The Kier molecular flexibility index (Phi) is 6.17. The largest absolute Gasteiger partial charge is 0.326 e. The predicted octanol–water partition coefficient (Wildman–Crippen LogP) is 3.53. The summed E-state index contributed by atoms with van der Waals surface area (Å²) in [6.07, 6.45) is 0.446. The summed E-state index contributed by atoms with van der Waals surface area (Å²) in [5, 5.41) is 12.0. The average molecular weight is 440 g/mol. The first-order chi connectivity index (χ1) is 13.7. The number of hydrogen-bond donors (Lipinski definition) is 1. The molecule has 0 radical (unpaired) electrons. The van der Waals surface area contributed by atoms with Gasteiger partial charge in [-0.15, -0.1) is 0 Å². The molecule has 0 aliphatic carbocycles. The zero-order valence-electron chi connectivity index (χ0n) is 15.0. The van der Waals surface area contributed by atoms with E-state index >= 15 is 0 Å². The molecular formula is C19H16ClF2N3O3S. The minimum absolute atomic E-state index is 0.000433. The van der Waals surface area contributed by atoms with Crippen molar-refractivity contribution in [2.24, 2.45) is 5.92 Å². The highest BCUT2D eigenvalue weighted by atomic mass is 35.5. The summed E-state index contributed by atoms with van der Waals surface area (Å²) in [5.74, 6) is -2.65. The molecule has 0 saturated carbocycles. The summed E-state index contributed by atoms with van der Waals surface area (Å²) < 4.78 is 53.5. The number of amides is 1. The lowest BCUT2D eigenvalue weighted by Crippen LogP contribution is -2.41. The van der Waals surface area contributed by atoms with Gasteiger partial charge in [0.05, 0.1) is 10.6 Å². The molecule has 0 bridgehead atoms. The molecule has 6 nitrogen and oxygen atoms in total. The Labute approximate surface area is 171 Å². The van der Waals surface area contributed by atoms with Gasteiger partial charge in [0.25, 0.3) is 0 Å². The zero-order chi connectivity index (χ0) is 21.2. The fourth-order valence-electron chi connectivity index (χ4n) is 3.11. The van der Waals surface area contributed by atoms with Crippen LogP contribution in [-0.2, 0) is 14.8 Å². The number of rotatable bonds is 4. The van der Waals surface area contributed by atoms with Crippen molar-refractivity contribution in [2.45, 2.75) is 17.7 Å². The van der Waals surface area contributed by atoms with Crippen LogP contribution in [0.1, 0.15) is 18.4 Å². The lowest BCUT2D eigenvalue weighted by Gasteiger charge is -2.30. The predicted molar refractivity (Wildman–Crippen MR) is 103 cm³/mol. The average Bonchev–Trinajstić information content (AvgIpc) is 2.71. The molecule has 1 amide bonds. The number of nitriles is 1. The molecule has 1 aliphatic rings. The molecule has 1 heterocycles. The van der Waals surface area contributed by atoms with Crippen molar-refractivity contribution in [1.29, 1.82) is 5.26 Å². The maximum atomic E-state index is 13.9. The van der Waals surface area contributed by atoms with Crippen molar-refractivity contribution in [1.82, 2.24) is 4.31 Å². The van der Waals surface area contributed by atoms with Gasteiger partial charge in [0.2, 0.25) is 15.9 Å². The number of sulfonamides is 1. The number of nitrogens with one attached hydrogen (secondary N) is 1. The smallest absolute Gasteiger partial charge is 0.246 e. The third-order valence-corrected chi connectivity index (χ3v) is 6.93. The second-order valence-electron chi connectivity index (χ2n) is 6.55. The third-order valence-electron chi connectivity index (χ3n) is 4.69. The number of benzene rings is 2. The Morgan fingerprint density at radius 2 is 1.86 bits per heavy atom. The van der Waals surface area contributed by atoms with Crippen LogP contribution in [0, 0.1) is 28.9 Å². The third kappa shape index (κ3) is 4.56. The van der Waals surface area contributed by atoms with Crippen LogP contribution in [0.5, 0.6) is 0 Å². The quantitative estimate of drug-likeness (QED) is 0.789. The van der Waals surface area contributed by atoms with E-state index in [0.29, 0.717) is 11.8 Å². The lowest BCUT2D eigenvalue weighted by molar-refractivity contribution is -0.120. The SMILES string of the molecule is N#Cc1cc(NC(=O)C2CCN(S(=O)(=O)c3cc(F)ccc3F)CC2)ccc1Cl. The number of piperidine rings is 1. The number of carbonyl (C=O) groups excluding carboxylic acids is 1.